The third-order valence-electron chi connectivity index (χ3n) is 4.52. The first-order valence-electron chi connectivity index (χ1n) is 10.2. The molecule has 0 saturated heterocycles. The quantitative estimate of drug-likeness (QED) is 0.564. The Kier molecular flexibility index (Phi) is 9.03. The molecule has 174 valence electrons. The molecule has 9 nitrogen and oxygen atoms in total. The number of carbonyl (C=O) groups excluding carboxylic acids is 2. The summed E-state index contributed by atoms with van der Waals surface area (Å²) in [5.41, 5.74) is 1.33. The second-order valence-electron chi connectivity index (χ2n) is 7.25. The first kappa shape index (κ1) is 25.2. The second kappa shape index (κ2) is 11.5. The fourth-order valence-electron chi connectivity index (χ4n) is 2.83. The predicted molar refractivity (Wildman–Crippen MR) is 123 cm³/mol. The van der Waals surface area contributed by atoms with E-state index in [1.807, 2.05) is 30.3 Å². The van der Waals surface area contributed by atoms with E-state index in [0.717, 1.165) is 9.87 Å². The lowest BCUT2D eigenvalue weighted by atomic mass is 10.2. The number of nitrogens with zero attached hydrogens (tertiary/aromatic N) is 2. The van der Waals surface area contributed by atoms with Gasteiger partial charge in [-0.1, -0.05) is 30.3 Å². The Hall–Kier alpha value is -3.11. The van der Waals surface area contributed by atoms with Crippen LogP contribution in [0.15, 0.2) is 53.4 Å². The topological polar surface area (TPSA) is 108 Å². The third kappa shape index (κ3) is 6.96. The number of sulfonamides is 1. The van der Waals surface area contributed by atoms with Gasteiger partial charge in [0.05, 0.1) is 6.61 Å². The van der Waals surface area contributed by atoms with Gasteiger partial charge in [-0.2, -0.15) is 0 Å². The van der Waals surface area contributed by atoms with E-state index in [2.05, 4.69) is 10.6 Å². The maximum absolute atomic E-state index is 12.6. The molecule has 0 unspecified atom stereocenters. The molecular formula is C22H30N4O5S. The molecule has 0 saturated carbocycles. The highest BCUT2D eigenvalue weighted by molar-refractivity contribution is 7.89. The van der Waals surface area contributed by atoms with Gasteiger partial charge >= 0.3 is 6.03 Å². The van der Waals surface area contributed by atoms with Gasteiger partial charge in [0.25, 0.3) is 0 Å². The molecule has 0 atom stereocenters. The number of amides is 3. The lowest BCUT2D eigenvalue weighted by molar-refractivity contribution is -0.116. The fourth-order valence-corrected chi connectivity index (χ4v) is 3.88. The van der Waals surface area contributed by atoms with Crippen LogP contribution < -0.4 is 15.4 Å². The van der Waals surface area contributed by atoms with Crippen LogP contribution in [0.1, 0.15) is 18.9 Å². The average Bonchev–Trinajstić information content (AvgIpc) is 2.75. The number of rotatable bonds is 10. The van der Waals surface area contributed by atoms with Gasteiger partial charge in [0, 0.05) is 46.3 Å². The highest BCUT2D eigenvalue weighted by Gasteiger charge is 2.23. The molecule has 10 heteroatoms. The van der Waals surface area contributed by atoms with E-state index in [1.165, 1.54) is 31.1 Å². The van der Waals surface area contributed by atoms with Gasteiger partial charge < -0.3 is 20.3 Å². The van der Waals surface area contributed by atoms with Crippen LogP contribution in [0.4, 0.5) is 10.5 Å². The normalized spacial score (nSPS) is 11.2. The molecule has 0 fully saturated rings. The van der Waals surface area contributed by atoms with Crippen LogP contribution in [0.2, 0.25) is 0 Å². The summed E-state index contributed by atoms with van der Waals surface area (Å²) in [5.74, 6) is -0.138. The first-order valence-corrected chi connectivity index (χ1v) is 11.6. The molecule has 0 bridgehead atoms. The Morgan fingerprint density at radius 1 is 1.03 bits per heavy atom. The van der Waals surface area contributed by atoms with Gasteiger partial charge in [-0.15, -0.1) is 0 Å². The van der Waals surface area contributed by atoms with Gasteiger partial charge in [-0.3, -0.25) is 4.79 Å². The van der Waals surface area contributed by atoms with Crippen molar-refractivity contribution < 1.29 is 22.7 Å². The molecule has 32 heavy (non-hydrogen) atoms. The fraction of sp³-hybridized carbons (Fsp3) is 0.364. The summed E-state index contributed by atoms with van der Waals surface area (Å²) in [5, 5.41) is 5.36. The Morgan fingerprint density at radius 3 is 2.34 bits per heavy atom. The molecule has 2 rings (SSSR count). The molecule has 0 aliphatic heterocycles. The van der Waals surface area contributed by atoms with E-state index in [4.69, 9.17) is 4.74 Å². The number of hydrogen-bond acceptors (Lipinski definition) is 5. The SMILES string of the molecule is CCOc1ccc(NC(=O)CCNC(=O)N(C)Cc2ccccc2)cc1S(=O)(=O)N(C)C. The summed E-state index contributed by atoms with van der Waals surface area (Å²) in [6.45, 7) is 2.66. The van der Waals surface area contributed by atoms with E-state index in [1.54, 1.807) is 20.0 Å². The van der Waals surface area contributed by atoms with Crippen LogP contribution in [0.25, 0.3) is 0 Å². The molecule has 0 aromatic heterocycles. The summed E-state index contributed by atoms with van der Waals surface area (Å²) >= 11 is 0. The van der Waals surface area contributed by atoms with Gasteiger partial charge in [0.15, 0.2) is 0 Å². The van der Waals surface area contributed by atoms with Gasteiger partial charge in [0.2, 0.25) is 15.9 Å². The molecule has 2 aromatic carbocycles. The lowest BCUT2D eigenvalue weighted by Crippen LogP contribution is -2.38. The van der Waals surface area contributed by atoms with Crippen molar-refractivity contribution in [2.24, 2.45) is 0 Å². The molecule has 0 aliphatic rings. The molecule has 2 aromatic rings. The zero-order valence-corrected chi connectivity index (χ0v) is 19.6. The van der Waals surface area contributed by atoms with E-state index in [-0.39, 0.29) is 35.5 Å². The number of hydrogen-bond donors (Lipinski definition) is 2. The highest BCUT2D eigenvalue weighted by Crippen LogP contribution is 2.29. The zero-order valence-electron chi connectivity index (χ0n) is 18.8. The number of anilines is 1. The van der Waals surface area contributed by atoms with Crippen molar-refractivity contribution in [3.05, 3.63) is 54.1 Å². The summed E-state index contributed by atoms with van der Waals surface area (Å²) < 4.78 is 31.7. The van der Waals surface area contributed by atoms with Crippen LogP contribution in [0, 0.1) is 0 Å². The summed E-state index contributed by atoms with van der Waals surface area (Å²) in [6.07, 6.45) is 0.0356. The summed E-state index contributed by atoms with van der Waals surface area (Å²) in [4.78, 5) is 26.0. The Bertz CT molecular complexity index is 1030. The maximum atomic E-state index is 12.6. The highest BCUT2D eigenvalue weighted by atomic mass is 32.2. The Labute approximate surface area is 189 Å². The Balaban J connectivity index is 1.93. The lowest BCUT2D eigenvalue weighted by Gasteiger charge is -2.18. The van der Waals surface area contributed by atoms with Crippen LogP contribution in [0.5, 0.6) is 5.75 Å². The van der Waals surface area contributed by atoms with Gasteiger partial charge in [0.1, 0.15) is 10.6 Å². The van der Waals surface area contributed by atoms with Crippen molar-refractivity contribution in [1.29, 1.82) is 0 Å². The molecule has 0 heterocycles. The number of nitrogens with one attached hydrogen (secondary N) is 2. The van der Waals surface area contributed by atoms with Crippen molar-refractivity contribution in [3.8, 4) is 5.75 Å². The molecule has 0 aliphatic carbocycles. The number of urea groups is 1. The molecule has 0 spiro atoms. The standard InChI is InChI=1S/C22H30N4O5S/c1-5-31-19-12-11-18(15-20(19)32(29,30)25(2)3)24-21(27)13-14-23-22(28)26(4)16-17-9-7-6-8-10-17/h6-12,15H,5,13-14,16H2,1-4H3,(H,23,28)(H,24,27). The van der Waals surface area contributed by atoms with E-state index < -0.39 is 10.0 Å². The minimum Gasteiger partial charge on any atom is -0.492 e. The maximum Gasteiger partial charge on any atom is 0.317 e. The second-order valence-corrected chi connectivity index (χ2v) is 9.37. The van der Waals surface area contributed by atoms with Crippen molar-refractivity contribution in [3.63, 3.8) is 0 Å². The number of carbonyl (C=O) groups is 2. The zero-order chi connectivity index (χ0) is 23.7. The predicted octanol–water partition coefficient (Wildman–Crippen LogP) is 2.51. The van der Waals surface area contributed by atoms with Crippen LogP contribution in [-0.2, 0) is 21.4 Å². The minimum absolute atomic E-state index is 0.0296. The summed E-state index contributed by atoms with van der Waals surface area (Å²) in [6, 6.07) is 13.7. The van der Waals surface area contributed by atoms with Gasteiger partial charge in [-0.25, -0.2) is 17.5 Å². The largest absolute Gasteiger partial charge is 0.492 e. The first-order chi connectivity index (χ1) is 15.1. The van der Waals surface area contributed by atoms with E-state index in [0.29, 0.717) is 18.8 Å². The molecule has 3 amide bonds. The van der Waals surface area contributed by atoms with E-state index in [9.17, 15) is 18.0 Å². The van der Waals surface area contributed by atoms with Crippen molar-refractivity contribution in [1.82, 2.24) is 14.5 Å². The van der Waals surface area contributed by atoms with Crippen molar-refractivity contribution in [2.75, 3.05) is 39.6 Å². The number of benzene rings is 2. The molecular weight excluding hydrogens is 432 g/mol. The third-order valence-corrected chi connectivity index (χ3v) is 6.36. The van der Waals surface area contributed by atoms with Crippen LogP contribution in [0.3, 0.4) is 0 Å². The van der Waals surface area contributed by atoms with Crippen LogP contribution in [-0.4, -0.2) is 63.9 Å². The van der Waals surface area contributed by atoms with Crippen molar-refractivity contribution >= 4 is 27.6 Å². The Morgan fingerprint density at radius 2 is 1.72 bits per heavy atom. The summed E-state index contributed by atoms with van der Waals surface area (Å²) in [7, 11) is 0.767. The van der Waals surface area contributed by atoms with Gasteiger partial charge in [-0.05, 0) is 30.7 Å². The smallest absolute Gasteiger partial charge is 0.317 e. The average molecular weight is 463 g/mol. The molecule has 2 N–H and O–H groups in total. The van der Waals surface area contributed by atoms with E-state index >= 15 is 0 Å². The van der Waals surface area contributed by atoms with Crippen LogP contribution >= 0.6 is 0 Å². The molecule has 0 radical (unpaired) electrons. The number of ether oxygens (including phenoxy) is 1. The minimum atomic E-state index is -3.76. The monoisotopic (exact) mass is 462 g/mol. The van der Waals surface area contributed by atoms with Crippen molar-refractivity contribution in [2.45, 2.75) is 24.8 Å².